The zero-order valence-corrected chi connectivity index (χ0v) is 9.17. The highest BCUT2D eigenvalue weighted by Gasteiger charge is 2.40. The molecule has 16 heavy (non-hydrogen) atoms. The minimum atomic E-state index is 0.277. The Morgan fingerprint density at radius 3 is 2.69 bits per heavy atom. The molecule has 0 amide bonds. The molecule has 2 saturated heterocycles. The van der Waals surface area contributed by atoms with Crippen LogP contribution in [-0.2, 0) is 4.74 Å². The van der Waals surface area contributed by atoms with E-state index in [4.69, 9.17) is 10.5 Å². The molecule has 1 aromatic rings. The molecule has 3 atom stereocenters. The number of hydrogen-bond donors (Lipinski definition) is 1. The van der Waals surface area contributed by atoms with Crippen molar-refractivity contribution in [2.45, 2.75) is 37.5 Å². The lowest BCUT2D eigenvalue weighted by molar-refractivity contribution is 0.101. The van der Waals surface area contributed by atoms with Crippen molar-refractivity contribution < 1.29 is 4.74 Å². The van der Waals surface area contributed by atoms with Gasteiger partial charge >= 0.3 is 0 Å². The maximum absolute atomic E-state index is 6.00. The molecule has 1 aromatic carbocycles. The first-order valence-electron chi connectivity index (χ1n) is 5.87. The van der Waals surface area contributed by atoms with Crippen LogP contribution in [0.3, 0.4) is 0 Å². The third kappa shape index (κ3) is 1.71. The summed E-state index contributed by atoms with van der Waals surface area (Å²) in [6.45, 7) is 0. The molecule has 0 spiro atoms. The number of fused-ring (bicyclic) bond motifs is 2. The number of ether oxygens (including phenoxy) is 1. The number of hydrogen-bond acceptors (Lipinski definition) is 2. The summed E-state index contributed by atoms with van der Waals surface area (Å²) in [5, 5.41) is 0. The molecule has 0 aliphatic carbocycles. The standard InChI is InChI=1S/C13H16N2O/c14-13(9-4-2-1-3-5-9)15-11-8-10-6-7-12(11)16-10/h1-5,10-12H,6-8H2,(H2,14,15). The monoisotopic (exact) mass is 216 g/mol. The van der Waals surface area contributed by atoms with E-state index in [9.17, 15) is 0 Å². The lowest BCUT2D eigenvalue weighted by Gasteiger charge is -2.15. The molecule has 3 heteroatoms. The van der Waals surface area contributed by atoms with Crippen LogP contribution in [0.15, 0.2) is 35.3 Å². The van der Waals surface area contributed by atoms with Crippen molar-refractivity contribution in [3.8, 4) is 0 Å². The molecule has 2 aliphatic heterocycles. The lowest BCUT2D eigenvalue weighted by atomic mass is 9.96. The highest BCUT2D eigenvalue weighted by Crippen LogP contribution is 2.36. The molecule has 0 aromatic heterocycles. The zero-order chi connectivity index (χ0) is 11.0. The van der Waals surface area contributed by atoms with Gasteiger partial charge in [-0.15, -0.1) is 0 Å². The molecule has 2 N–H and O–H groups in total. The molecule has 84 valence electrons. The van der Waals surface area contributed by atoms with E-state index in [-0.39, 0.29) is 6.04 Å². The van der Waals surface area contributed by atoms with E-state index in [0.29, 0.717) is 18.0 Å². The van der Waals surface area contributed by atoms with E-state index in [1.807, 2.05) is 30.3 Å². The first-order chi connectivity index (χ1) is 7.83. The minimum Gasteiger partial charge on any atom is -0.383 e. The Morgan fingerprint density at radius 1 is 1.25 bits per heavy atom. The normalized spacial score (nSPS) is 33.2. The van der Waals surface area contributed by atoms with Gasteiger partial charge in [0, 0.05) is 5.56 Å². The van der Waals surface area contributed by atoms with Gasteiger partial charge < -0.3 is 10.5 Å². The van der Waals surface area contributed by atoms with E-state index in [1.54, 1.807) is 0 Å². The van der Waals surface area contributed by atoms with Crippen molar-refractivity contribution in [1.82, 2.24) is 0 Å². The van der Waals surface area contributed by atoms with Gasteiger partial charge in [0.15, 0.2) is 0 Å². The molecule has 2 fully saturated rings. The van der Waals surface area contributed by atoms with Gasteiger partial charge in [-0.1, -0.05) is 30.3 Å². The molecule has 3 nitrogen and oxygen atoms in total. The number of rotatable bonds is 2. The second-order valence-corrected chi connectivity index (χ2v) is 4.56. The zero-order valence-electron chi connectivity index (χ0n) is 9.17. The number of aliphatic imine (C=N–C) groups is 1. The average molecular weight is 216 g/mol. The first kappa shape index (κ1) is 9.85. The smallest absolute Gasteiger partial charge is 0.125 e. The Balaban J connectivity index is 1.78. The van der Waals surface area contributed by atoms with Crippen molar-refractivity contribution in [2.75, 3.05) is 0 Å². The van der Waals surface area contributed by atoms with Gasteiger partial charge in [-0.3, -0.25) is 4.99 Å². The van der Waals surface area contributed by atoms with E-state index in [1.165, 1.54) is 6.42 Å². The molecule has 2 bridgehead atoms. The first-order valence-corrected chi connectivity index (χ1v) is 5.87. The third-order valence-electron chi connectivity index (χ3n) is 3.45. The molecular formula is C13H16N2O. The summed E-state index contributed by atoms with van der Waals surface area (Å²) in [7, 11) is 0. The van der Waals surface area contributed by atoms with Crippen LogP contribution in [0, 0.1) is 0 Å². The topological polar surface area (TPSA) is 47.6 Å². The van der Waals surface area contributed by atoms with E-state index >= 15 is 0 Å². The van der Waals surface area contributed by atoms with Crippen LogP contribution in [0.25, 0.3) is 0 Å². The van der Waals surface area contributed by atoms with Crippen molar-refractivity contribution in [1.29, 1.82) is 0 Å². The van der Waals surface area contributed by atoms with E-state index < -0.39 is 0 Å². The Bertz CT molecular complexity index is 402. The van der Waals surface area contributed by atoms with Crippen LogP contribution < -0.4 is 5.73 Å². The van der Waals surface area contributed by atoms with Crippen LogP contribution in [0.1, 0.15) is 24.8 Å². The molecule has 0 radical (unpaired) electrons. The van der Waals surface area contributed by atoms with Gasteiger partial charge in [-0.25, -0.2) is 0 Å². The van der Waals surface area contributed by atoms with Gasteiger partial charge in [-0.2, -0.15) is 0 Å². The minimum absolute atomic E-state index is 0.277. The summed E-state index contributed by atoms with van der Waals surface area (Å²) in [6, 6.07) is 10.2. The highest BCUT2D eigenvalue weighted by molar-refractivity contribution is 5.97. The highest BCUT2D eigenvalue weighted by atomic mass is 16.5. The maximum Gasteiger partial charge on any atom is 0.125 e. The second kappa shape index (κ2) is 3.91. The van der Waals surface area contributed by atoms with E-state index in [2.05, 4.69) is 4.99 Å². The Labute approximate surface area is 95.3 Å². The predicted molar refractivity (Wildman–Crippen MR) is 63.5 cm³/mol. The van der Waals surface area contributed by atoms with Crippen LogP contribution in [-0.4, -0.2) is 24.1 Å². The summed E-state index contributed by atoms with van der Waals surface area (Å²) < 4.78 is 5.76. The van der Waals surface area contributed by atoms with Gasteiger partial charge in [0.25, 0.3) is 0 Å². The molecule has 3 unspecified atom stereocenters. The number of amidine groups is 1. The second-order valence-electron chi connectivity index (χ2n) is 4.56. The van der Waals surface area contributed by atoms with Crippen molar-refractivity contribution >= 4 is 5.84 Å². The Kier molecular flexibility index (Phi) is 2.40. The molecule has 2 heterocycles. The fourth-order valence-corrected chi connectivity index (χ4v) is 2.61. The summed E-state index contributed by atoms with van der Waals surface area (Å²) in [5.41, 5.74) is 7.01. The summed E-state index contributed by atoms with van der Waals surface area (Å²) >= 11 is 0. The summed E-state index contributed by atoms with van der Waals surface area (Å²) in [4.78, 5) is 4.60. The SMILES string of the molecule is NC(=NC1CC2CCC1O2)c1ccccc1. The fraction of sp³-hybridized carbons (Fsp3) is 0.462. The summed E-state index contributed by atoms with van der Waals surface area (Å²) in [6.07, 6.45) is 4.12. The number of nitrogens with two attached hydrogens (primary N) is 1. The Hall–Kier alpha value is -1.35. The van der Waals surface area contributed by atoms with Gasteiger partial charge in [0.05, 0.1) is 18.2 Å². The molecule has 2 aliphatic rings. The fourth-order valence-electron chi connectivity index (χ4n) is 2.61. The molecular weight excluding hydrogens is 200 g/mol. The van der Waals surface area contributed by atoms with Gasteiger partial charge in [0.1, 0.15) is 5.84 Å². The predicted octanol–water partition coefficient (Wildman–Crippen LogP) is 1.71. The Morgan fingerprint density at radius 2 is 2.06 bits per heavy atom. The number of benzene rings is 1. The summed E-state index contributed by atoms with van der Waals surface area (Å²) in [5.74, 6) is 0.641. The molecule has 0 saturated carbocycles. The maximum atomic E-state index is 6.00. The van der Waals surface area contributed by atoms with E-state index in [0.717, 1.165) is 18.4 Å². The van der Waals surface area contributed by atoms with Crippen LogP contribution >= 0.6 is 0 Å². The van der Waals surface area contributed by atoms with Gasteiger partial charge in [0.2, 0.25) is 0 Å². The average Bonchev–Trinajstić information content (AvgIpc) is 2.92. The van der Waals surface area contributed by atoms with Crippen LogP contribution in [0.5, 0.6) is 0 Å². The quantitative estimate of drug-likeness (QED) is 0.604. The van der Waals surface area contributed by atoms with Crippen LogP contribution in [0.4, 0.5) is 0 Å². The van der Waals surface area contributed by atoms with Crippen molar-refractivity contribution in [3.05, 3.63) is 35.9 Å². The number of nitrogens with zero attached hydrogens (tertiary/aromatic N) is 1. The molecule has 3 rings (SSSR count). The lowest BCUT2D eigenvalue weighted by Crippen LogP contribution is -2.25. The van der Waals surface area contributed by atoms with Crippen LogP contribution in [0.2, 0.25) is 0 Å². The van der Waals surface area contributed by atoms with Crippen molar-refractivity contribution in [3.63, 3.8) is 0 Å². The van der Waals surface area contributed by atoms with Crippen molar-refractivity contribution in [2.24, 2.45) is 10.7 Å². The largest absolute Gasteiger partial charge is 0.383 e. The van der Waals surface area contributed by atoms with Gasteiger partial charge in [-0.05, 0) is 19.3 Å². The third-order valence-corrected chi connectivity index (χ3v) is 3.45.